The molecule has 2 nitrogen and oxygen atoms in total. The predicted molar refractivity (Wildman–Crippen MR) is 66.3 cm³/mol. The van der Waals surface area contributed by atoms with Crippen LogP contribution in [-0.4, -0.2) is 23.4 Å². The maximum absolute atomic E-state index is 12.9. The van der Waals surface area contributed by atoms with E-state index in [1.165, 1.54) is 12.1 Å². The lowest BCUT2D eigenvalue weighted by Gasteiger charge is -2.32. The minimum absolute atomic E-state index is 0.126. The second-order valence-corrected chi connectivity index (χ2v) is 4.82. The van der Waals surface area contributed by atoms with Crippen LogP contribution in [0.5, 0.6) is 0 Å². The topological polar surface area (TPSA) is 40.5 Å². The zero-order valence-electron chi connectivity index (χ0n) is 10.5. The minimum atomic E-state index is -0.664. The number of benzene rings is 1. The van der Waals surface area contributed by atoms with Crippen molar-refractivity contribution < 1.29 is 14.6 Å². The van der Waals surface area contributed by atoms with E-state index < -0.39 is 5.41 Å². The molecule has 0 aliphatic heterocycles. The lowest BCUT2D eigenvalue weighted by atomic mass is 9.75. The molecule has 1 aromatic carbocycles. The Hall–Kier alpha value is -0.930. The summed E-state index contributed by atoms with van der Waals surface area (Å²) in [4.78, 5) is 0. The predicted octanol–water partition coefficient (Wildman–Crippen LogP) is 2.48. The highest BCUT2D eigenvalue weighted by atomic mass is 19.1. The van der Waals surface area contributed by atoms with E-state index in [4.69, 9.17) is 0 Å². The van der Waals surface area contributed by atoms with Crippen LogP contribution in [0.1, 0.15) is 32.3 Å². The maximum atomic E-state index is 12.9. The molecule has 0 heterocycles. The Morgan fingerprint density at radius 2 is 1.71 bits per heavy atom. The molecular weight excluding hydrogens is 219 g/mol. The standard InChI is InChI=1S/C14H21FO2/c1-3-11(2)8-14(9-16,10-17)12-4-6-13(15)7-5-12/h4-7,11,16-17H,3,8-10H2,1-2H3. The van der Waals surface area contributed by atoms with Gasteiger partial charge < -0.3 is 10.2 Å². The molecule has 0 saturated carbocycles. The van der Waals surface area contributed by atoms with Crippen LogP contribution in [0.15, 0.2) is 24.3 Å². The Morgan fingerprint density at radius 3 is 2.12 bits per heavy atom. The summed E-state index contributed by atoms with van der Waals surface area (Å²) in [6.07, 6.45) is 1.69. The molecule has 1 aromatic rings. The summed E-state index contributed by atoms with van der Waals surface area (Å²) in [6, 6.07) is 6.02. The van der Waals surface area contributed by atoms with Crippen molar-refractivity contribution in [2.45, 2.75) is 32.1 Å². The third-order valence-electron chi connectivity index (χ3n) is 3.50. The van der Waals surface area contributed by atoms with E-state index in [1.54, 1.807) is 12.1 Å². The van der Waals surface area contributed by atoms with Gasteiger partial charge in [-0.3, -0.25) is 0 Å². The zero-order valence-corrected chi connectivity index (χ0v) is 10.5. The Labute approximate surface area is 102 Å². The summed E-state index contributed by atoms with van der Waals surface area (Å²) in [7, 11) is 0. The molecule has 0 saturated heterocycles. The van der Waals surface area contributed by atoms with E-state index in [2.05, 4.69) is 13.8 Å². The first-order valence-corrected chi connectivity index (χ1v) is 6.05. The van der Waals surface area contributed by atoms with E-state index in [9.17, 15) is 14.6 Å². The Morgan fingerprint density at radius 1 is 1.18 bits per heavy atom. The van der Waals surface area contributed by atoms with E-state index in [0.29, 0.717) is 12.3 Å². The van der Waals surface area contributed by atoms with Gasteiger partial charge in [0.05, 0.1) is 13.2 Å². The van der Waals surface area contributed by atoms with Crippen LogP contribution in [0.2, 0.25) is 0 Å². The van der Waals surface area contributed by atoms with Crippen LogP contribution in [0.3, 0.4) is 0 Å². The summed E-state index contributed by atoms with van der Waals surface area (Å²) in [5.41, 5.74) is 0.132. The van der Waals surface area contributed by atoms with Crippen molar-refractivity contribution in [1.82, 2.24) is 0 Å². The van der Waals surface area contributed by atoms with Gasteiger partial charge in [-0.2, -0.15) is 0 Å². The van der Waals surface area contributed by atoms with Gasteiger partial charge in [0, 0.05) is 5.41 Å². The number of rotatable bonds is 6. The van der Waals surface area contributed by atoms with Gasteiger partial charge in [0.1, 0.15) is 5.82 Å². The van der Waals surface area contributed by atoms with Gasteiger partial charge >= 0.3 is 0 Å². The van der Waals surface area contributed by atoms with E-state index in [1.807, 2.05) is 0 Å². The van der Waals surface area contributed by atoms with Gasteiger partial charge in [-0.25, -0.2) is 4.39 Å². The van der Waals surface area contributed by atoms with Gasteiger partial charge in [-0.1, -0.05) is 32.4 Å². The quantitative estimate of drug-likeness (QED) is 0.802. The molecule has 0 aliphatic rings. The lowest BCUT2D eigenvalue weighted by Crippen LogP contribution is -2.36. The average Bonchev–Trinajstić information content (AvgIpc) is 2.37. The third kappa shape index (κ3) is 3.27. The van der Waals surface area contributed by atoms with Crippen molar-refractivity contribution in [3.05, 3.63) is 35.6 Å². The number of halogens is 1. The van der Waals surface area contributed by atoms with Crippen molar-refractivity contribution >= 4 is 0 Å². The van der Waals surface area contributed by atoms with Crippen LogP contribution < -0.4 is 0 Å². The normalized spacial score (nSPS) is 13.7. The molecule has 1 rings (SSSR count). The smallest absolute Gasteiger partial charge is 0.123 e. The highest BCUT2D eigenvalue weighted by Gasteiger charge is 2.32. The first-order valence-electron chi connectivity index (χ1n) is 6.05. The van der Waals surface area contributed by atoms with Gasteiger partial charge in [0.2, 0.25) is 0 Å². The fourth-order valence-electron chi connectivity index (χ4n) is 2.09. The molecule has 0 amide bonds. The molecule has 1 unspecified atom stereocenters. The first-order chi connectivity index (χ1) is 8.07. The number of aliphatic hydroxyl groups excluding tert-OH is 2. The average molecular weight is 240 g/mol. The van der Waals surface area contributed by atoms with Crippen LogP contribution >= 0.6 is 0 Å². The van der Waals surface area contributed by atoms with Crippen molar-refractivity contribution in [2.24, 2.45) is 5.92 Å². The fourth-order valence-corrected chi connectivity index (χ4v) is 2.09. The highest BCUT2D eigenvalue weighted by Crippen LogP contribution is 2.31. The fraction of sp³-hybridized carbons (Fsp3) is 0.571. The van der Waals surface area contributed by atoms with Crippen molar-refractivity contribution in [1.29, 1.82) is 0 Å². The van der Waals surface area contributed by atoms with E-state index >= 15 is 0 Å². The summed E-state index contributed by atoms with van der Waals surface area (Å²) >= 11 is 0. The Bertz CT molecular complexity index is 331. The molecule has 0 bridgehead atoms. The molecule has 0 fully saturated rings. The zero-order chi connectivity index (χ0) is 12.9. The second kappa shape index (κ2) is 6.12. The monoisotopic (exact) mass is 240 g/mol. The lowest BCUT2D eigenvalue weighted by molar-refractivity contribution is 0.0963. The summed E-state index contributed by atoms with van der Waals surface area (Å²) in [5.74, 6) is 0.0985. The van der Waals surface area contributed by atoms with Gasteiger partial charge in [-0.15, -0.1) is 0 Å². The third-order valence-corrected chi connectivity index (χ3v) is 3.50. The highest BCUT2D eigenvalue weighted by molar-refractivity contribution is 5.26. The summed E-state index contributed by atoms with van der Waals surface area (Å²) < 4.78 is 12.9. The van der Waals surface area contributed by atoms with Gasteiger partial charge in [0.25, 0.3) is 0 Å². The molecule has 2 N–H and O–H groups in total. The van der Waals surface area contributed by atoms with Gasteiger partial charge in [-0.05, 0) is 30.0 Å². The van der Waals surface area contributed by atoms with E-state index in [-0.39, 0.29) is 19.0 Å². The van der Waals surface area contributed by atoms with Crippen molar-refractivity contribution in [3.8, 4) is 0 Å². The van der Waals surface area contributed by atoms with Crippen LogP contribution in [0, 0.1) is 11.7 Å². The largest absolute Gasteiger partial charge is 0.395 e. The van der Waals surface area contributed by atoms with Crippen LogP contribution in [-0.2, 0) is 5.41 Å². The maximum Gasteiger partial charge on any atom is 0.123 e. The number of hydrogen-bond acceptors (Lipinski definition) is 2. The van der Waals surface area contributed by atoms with Crippen LogP contribution in [0.4, 0.5) is 4.39 Å². The van der Waals surface area contributed by atoms with Crippen molar-refractivity contribution in [2.75, 3.05) is 13.2 Å². The van der Waals surface area contributed by atoms with Crippen molar-refractivity contribution in [3.63, 3.8) is 0 Å². The van der Waals surface area contributed by atoms with E-state index in [0.717, 1.165) is 12.0 Å². The molecule has 0 spiro atoms. The molecule has 0 aromatic heterocycles. The summed E-state index contributed by atoms with van der Waals surface area (Å²) in [5, 5.41) is 19.2. The SMILES string of the molecule is CCC(C)CC(CO)(CO)c1ccc(F)cc1. The molecule has 3 heteroatoms. The molecule has 17 heavy (non-hydrogen) atoms. The molecule has 96 valence electrons. The summed E-state index contributed by atoms with van der Waals surface area (Å²) in [6.45, 7) is 3.91. The molecular formula is C14H21FO2. The minimum Gasteiger partial charge on any atom is -0.395 e. The molecule has 1 atom stereocenters. The van der Waals surface area contributed by atoms with Crippen LogP contribution in [0.25, 0.3) is 0 Å². The number of hydrogen-bond donors (Lipinski definition) is 2. The Kier molecular flexibility index (Phi) is 5.09. The Balaban J connectivity index is 3.01. The second-order valence-electron chi connectivity index (χ2n) is 4.82. The molecule has 0 radical (unpaired) electrons. The van der Waals surface area contributed by atoms with Gasteiger partial charge in [0.15, 0.2) is 0 Å². The molecule has 0 aliphatic carbocycles. The first kappa shape index (κ1) is 14.1. The number of aliphatic hydroxyl groups is 2.